The number of ether oxygens (including phenoxy) is 1. The lowest BCUT2D eigenvalue weighted by atomic mass is 10.0. The second-order valence-electron chi connectivity index (χ2n) is 6.97. The van der Waals surface area contributed by atoms with Crippen molar-refractivity contribution >= 4 is 39.7 Å². The number of aryl methyl sites for hydroxylation is 2. The second-order valence-corrected chi connectivity index (χ2v) is 8.23. The van der Waals surface area contributed by atoms with Crippen molar-refractivity contribution < 1.29 is 9.53 Å². The zero-order valence-corrected chi connectivity index (χ0v) is 19.1. The van der Waals surface area contributed by atoms with Gasteiger partial charge in [-0.15, -0.1) is 0 Å². The highest BCUT2D eigenvalue weighted by atomic mass is 79.9. The van der Waals surface area contributed by atoms with Gasteiger partial charge in [-0.05, 0) is 70.7 Å². The number of rotatable bonds is 7. The van der Waals surface area contributed by atoms with Gasteiger partial charge in [-0.3, -0.25) is 4.79 Å². The molecule has 0 saturated heterocycles. The average Bonchev–Trinajstić information content (AvgIpc) is 2.71. The summed E-state index contributed by atoms with van der Waals surface area (Å²) in [6.07, 6.45) is 1.90. The zero-order valence-electron chi connectivity index (χ0n) is 16.8. The van der Waals surface area contributed by atoms with E-state index >= 15 is 0 Å². The van der Waals surface area contributed by atoms with E-state index in [0.29, 0.717) is 23.8 Å². The van der Waals surface area contributed by atoms with E-state index in [4.69, 9.17) is 16.3 Å². The van der Waals surface area contributed by atoms with E-state index in [1.165, 1.54) is 0 Å². The van der Waals surface area contributed by atoms with Gasteiger partial charge in [0, 0.05) is 10.6 Å². The van der Waals surface area contributed by atoms with Gasteiger partial charge < -0.3 is 4.74 Å². The van der Waals surface area contributed by atoms with Crippen molar-refractivity contribution in [3.63, 3.8) is 0 Å². The summed E-state index contributed by atoms with van der Waals surface area (Å²) in [4.78, 5) is 12.2. The standard InChI is InChI=1S/C24H22BrClN2O2/c1-16-7-8-17(2)20(11-16)13-24(29)28-27-14-18-9-10-23(21(25)12-18)30-15-19-5-3-4-6-22(19)26/h3-12,14H,13,15H2,1-2H3,(H,28,29)/b27-14+. The minimum atomic E-state index is -0.154. The Bertz CT molecular complexity index is 1080. The molecule has 1 amide bonds. The smallest absolute Gasteiger partial charge is 0.244 e. The summed E-state index contributed by atoms with van der Waals surface area (Å²) in [7, 11) is 0. The number of hydrazone groups is 1. The highest BCUT2D eigenvalue weighted by molar-refractivity contribution is 9.10. The van der Waals surface area contributed by atoms with Gasteiger partial charge in [0.25, 0.3) is 0 Å². The average molecular weight is 486 g/mol. The van der Waals surface area contributed by atoms with Crippen molar-refractivity contribution in [3.8, 4) is 5.75 Å². The number of amides is 1. The van der Waals surface area contributed by atoms with Gasteiger partial charge in [-0.1, -0.05) is 53.6 Å². The number of carbonyl (C=O) groups is 1. The zero-order chi connectivity index (χ0) is 21.5. The Balaban J connectivity index is 1.56. The maximum atomic E-state index is 12.2. The van der Waals surface area contributed by atoms with Crippen molar-refractivity contribution in [2.75, 3.05) is 0 Å². The van der Waals surface area contributed by atoms with Crippen LogP contribution >= 0.6 is 27.5 Å². The van der Waals surface area contributed by atoms with Gasteiger partial charge >= 0.3 is 0 Å². The molecule has 3 rings (SSSR count). The number of carbonyl (C=O) groups excluding carboxylic acids is 1. The third-order valence-electron chi connectivity index (χ3n) is 4.56. The van der Waals surface area contributed by atoms with E-state index in [2.05, 4.69) is 26.5 Å². The van der Waals surface area contributed by atoms with E-state index in [1.807, 2.05) is 74.5 Å². The Kier molecular flexibility index (Phi) is 7.66. The van der Waals surface area contributed by atoms with E-state index in [-0.39, 0.29) is 5.91 Å². The molecule has 6 heteroatoms. The minimum absolute atomic E-state index is 0.154. The van der Waals surface area contributed by atoms with E-state index in [9.17, 15) is 4.79 Å². The number of nitrogens with one attached hydrogen (secondary N) is 1. The molecule has 0 radical (unpaired) electrons. The molecule has 0 bridgehead atoms. The molecule has 0 unspecified atom stereocenters. The van der Waals surface area contributed by atoms with Crippen LogP contribution in [-0.4, -0.2) is 12.1 Å². The fourth-order valence-electron chi connectivity index (χ4n) is 2.87. The van der Waals surface area contributed by atoms with Gasteiger partial charge in [-0.2, -0.15) is 5.10 Å². The molecular weight excluding hydrogens is 464 g/mol. The summed E-state index contributed by atoms with van der Waals surface area (Å²) in [6.45, 7) is 4.39. The van der Waals surface area contributed by atoms with Crippen LogP contribution in [-0.2, 0) is 17.8 Å². The molecule has 0 heterocycles. The molecule has 3 aromatic carbocycles. The van der Waals surface area contributed by atoms with Gasteiger partial charge in [0.1, 0.15) is 12.4 Å². The Morgan fingerprint density at radius 2 is 1.90 bits per heavy atom. The number of halogens is 2. The Morgan fingerprint density at radius 3 is 2.67 bits per heavy atom. The van der Waals surface area contributed by atoms with Crippen LogP contribution in [0.1, 0.15) is 27.8 Å². The first kappa shape index (κ1) is 22.1. The highest BCUT2D eigenvalue weighted by Gasteiger charge is 2.07. The number of hydrogen-bond donors (Lipinski definition) is 1. The first-order valence-corrected chi connectivity index (χ1v) is 10.6. The summed E-state index contributed by atoms with van der Waals surface area (Å²) in [5.41, 5.74) is 7.57. The molecule has 154 valence electrons. The lowest BCUT2D eigenvalue weighted by molar-refractivity contribution is -0.120. The van der Waals surface area contributed by atoms with Crippen LogP contribution in [0.2, 0.25) is 5.02 Å². The lowest BCUT2D eigenvalue weighted by Crippen LogP contribution is -2.20. The monoisotopic (exact) mass is 484 g/mol. The number of nitrogens with zero attached hydrogens (tertiary/aromatic N) is 1. The largest absolute Gasteiger partial charge is 0.488 e. The lowest BCUT2D eigenvalue weighted by Gasteiger charge is -2.10. The first-order chi connectivity index (χ1) is 14.4. The fourth-order valence-corrected chi connectivity index (χ4v) is 3.57. The molecule has 1 N–H and O–H groups in total. The summed E-state index contributed by atoms with van der Waals surface area (Å²) in [6, 6.07) is 19.3. The predicted octanol–water partition coefficient (Wildman–Crippen LogP) is 5.99. The molecular formula is C24H22BrClN2O2. The van der Waals surface area contributed by atoms with Crippen LogP contribution < -0.4 is 10.2 Å². The normalized spacial score (nSPS) is 10.9. The quantitative estimate of drug-likeness (QED) is 0.330. The predicted molar refractivity (Wildman–Crippen MR) is 125 cm³/mol. The number of hydrogen-bond acceptors (Lipinski definition) is 3. The van der Waals surface area contributed by atoms with Crippen molar-refractivity contribution in [2.45, 2.75) is 26.9 Å². The van der Waals surface area contributed by atoms with Crippen molar-refractivity contribution in [1.29, 1.82) is 0 Å². The third kappa shape index (κ3) is 6.18. The van der Waals surface area contributed by atoms with Crippen LogP contribution in [0.5, 0.6) is 5.75 Å². The summed E-state index contributed by atoms with van der Waals surface area (Å²) in [5, 5.41) is 4.74. The van der Waals surface area contributed by atoms with Crippen LogP contribution in [0.15, 0.2) is 70.2 Å². The molecule has 3 aromatic rings. The molecule has 0 aliphatic rings. The van der Waals surface area contributed by atoms with Crippen LogP contribution in [0, 0.1) is 13.8 Å². The molecule has 0 aliphatic heterocycles. The van der Waals surface area contributed by atoms with Crippen molar-refractivity contribution in [1.82, 2.24) is 5.43 Å². The third-order valence-corrected chi connectivity index (χ3v) is 5.54. The molecule has 0 saturated carbocycles. The van der Waals surface area contributed by atoms with Crippen molar-refractivity contribution in [3.05, 3.63) is 98.0 Å². The Morgan fingerprint density at radius 1 is 1.10 bits per heavy atom. The summed E-state index contributed by atoms with van der Waals surface area (Å²) < 4.78 is 6.63. The minimum Gasteiger partial charge on any atom is -0.488 e. The first-order valence-electron chi connectivity index (χ1n) is 9.46. The number of benzene rings is 3. The summed E-state index contributed by atoms with van der Waals surface area (Å²) >= 11 is 9.67. The van der Waals surface area contributed by atoms with E-state index in [1.54, 1.807) is 6.21 Å². The fraction of sp³-hybridized carbons (Fsp3) is 0.167. The maximum absolute atomic E-state index is 12.2. The molecule has 4 nitrogen and oxygen atoms in total. The van der Waals surface area contributed by atoms with E-state index < -0.39 is 0 Å². The molecule has 0 atom stereocenters. The molecule has 0 fully saturated rings. The van der Waals surface area contributed by atoms with Crippen LogP contribution in [0.4, 0.5) is 0 Å². The van der Waals surface area contributed by atoms with Crippen molar-refractivity contribution in [2.24, 2.45) is 5.10 Å². The van der Waals surface area contributed by atoms with Gasteiger partial charge in [0.2, 0.25) is 5.91 Å². The van der Waals surface area contributed by atoms with Crippen LogP contribution in [0.25, 0.3) is 0 Å². The maximum Gasteiger partial charge on any atom is 0.244 e. The molecule has 0 aliphatic carbocycles. The SMILES string of the molecule is Cc1ccc(C)c(CC(=O)N/N=C/c2ccc(OCc3ccccc3Cl)c(Br)c2)c1. The van der Waals surface area contributed by atoms with Gasteiger partial charge in [-0.25, -0.2) is 5.43 Å². The topological polar surface area (TPSA) is 50.7 Å². The highest BCUT2D eigenvalue weighted by Crippen LogP contribution is 2.27. The Labute approximate surface area is 190 Å². The van der Waals surface area contributed by atoms with Gasteiger partial charge in [0.05, 0.1) is 17.1 Å². The Hall–Kier alpha value is -2.63. The molecule has 0 aromatic heterocycles. The van der Waals surface area contributed by atoms with Gasteiger partial charge in [0.15, 0.2) is 0 Å². The van der Waals surface area contributed by atoms with Crippen LogP contribution in [0.3, 0.4) is 0 Å². The molecule has 0 spiro atoms. The molecule has 30 heavy (non-hydrogen) atoms. The summed E-state index contributed by atoms with van der Waals surface area (Å²) in [5.74, 6) is 0.546. The van der Waals surface area contributed by atoms with E-state index in [0.717, 1.165) is 32.3 Å². The second kappa shape index (κ2) is 10.4.